The van der Waals surface area contributed by atoms with E-state index < -0.39 is 11.9 Å². The summed E-state index contributed by atoms with van der Waals surface area (Å²) in [6.07, 6.45) is 0. The molecule has 0 aliphatic heterocycles. The topological polar surface area (TPSA) is 29.3 Å². The van der Waals surface area contributed by atoms with Crippen molar-refractivity contribution in [1.29, 1.82) is 0 Å². The second-order valence-corrected chi connectivity index (χ2v) is 3.91. The van der Waals surface area contributed by atoms with Crippen LogP contribution in [0.2, 0.25) is 5.02 Å². The molecule has 1 aromatic rings. The van der Waals surface area contributed by atoms with Crippen molar-refractivity contribution in [1.82, 2.24) is 4.90 Å². The summed E-state index contributed by atoms with van der Waals surface area (Å²) < 4.78 is 13.6. The summed E-state index contributed by atoms with van der Waals surface area (Å²) in [5.41, 5.74) is 6.87. The number of halogens is 2. The molecule has 0 fully saturated rings. The summed E-state index contributed by atoms with van der Waals surface area (Å²) in [5, 5.41) is 0.0782. The van der Waals surface area contributed by atoms with Crippen LogP contribution in [0.5, 0.6) is 0 Å². The van der Waals surface area contributed by atoms with Gasteiger partial charge >= 0.3 is 0 Å². The summed E-state index contributed by atoms with van der Waals surface area (Å²) in [7, 11) is 3.62. The minimum absolute atomic E-state index is 0.0782. The molecule has 1 unspecified atom stereocenters. The third-order valence-electron chi connectivity index (χ3n) is 2.25. The maximum atomic E-state index is 13.6. The number of benzene rings is 1. The van der Waals surface area contributed by atoms with Gasteiger partial charge in [-0.2, -0.15) is 0 Å². The Hall–Kier alpha value is -1.06. The van der Waals surface area contributed by atoms with Gasteiger partial charge in [0.25, 0.3) is 0 Å². The lowest BCUT2D eigenvalue weighted by Gasteiger charge is -2.22. The van der Waals surface area contributed by atoms with Crippen molar-refractivity contribution in [3.63, 3.8) is 0 Å². The summed E-state index contributed by atoms with van der Waals surface area (Å²) in [6.45, 7) is 3.79. The van der Waals surface area contributed by atoms with Crippen LogP contribution in [0, 0.1) is 5.82 Å². The molecule has 0 aliphatic carbocycles. The van der Waals surface area contributed by atoms with E-state index in [4.69, 9.17) is 17.3 Å². The van der Waals surface area contributed by atoms with Crippen molar-refractivity contribution in [2.24, 2.45) is 5.73 Å². The Labute approximate surface area is 94.1 Å². The van der Waals surface area contributed by atoms with E-state index in [0.717, 1.165) is 0 Å². The fourth-order valence-corrected chi connectivity index (χ4v) is 1.40. The molecule has 0 saturated carbocycles. The van der Waals surface area contributed by atoms with E-state index >= 15 is 0 Å². The van der Waals surface area contributed by atoms with Gasteiger partial charge in [0, 0.05) is 25.4 Å². The lowest BCUT2D eigenvalue weighted by Crippen LogP contribution is -2.23. The highest BCUT2D eigenvalue weighted by atomic mass is 35.5. The number of hydrogen-bond donors (Lipinski definition) is 1. The first kappa shape index (κ1) is 12.0. The number of hydrogen-bond acceptors (Lipinski definition) is 2. The first-order chi connectivity index (χ1) is 6.95. The normalized spacial score (nSPS) is 12.3. The number of rotatable bonds is 3. The Morgan fingerprint density at radius 3 is 2.67 bits per heavy atom. The summed E-state index contributed by atoms with van der Waals surface area (Å²) in [4.78, 5) is 1.75. The zero-order chi connectivity index (χ0) is 11.6. The minimum Gasteiger partial charge on any atom is -0.380 e. The maximum absolute atomic E-state index is 13.6. The predicted octanol–water partition coefficient (Wildman–Crippen LogP) is 2.55. The summed E-state index contributed by atoms with van der Waals surface area (Å²) in [6, 6.07) is 4.20. The molecule has 2 N–H and O–H groups in total. The van der Waals surface area contributed by atoms with Gasteiger partial charge in [0.15, 0.2) is 0 Å². The van der Waals surface area contributed by atoms with E-state index in [1.807, 2.05) is 14.1 Å². The van der Waals surface area contributed by atoms with Crippen LogP contribution in [0.1, 0.15) is 11.6 Å². The lowest BCUT2D eigenvalue weighted by atomic mass is 10.0. The molecule has 0 aromatic heterocycles. The zero-order valence-corrected chi connectivity index (χ0v) is 9.55. The Morgan fingerprint density at radius 1 is 1.53 bits per heavy atom. The van der Waals surface area contributed by atoms with Gasteiger partial charge in [-0.05, 0) is 6.07 Å². The van der Waals surface area contributed by atoms with Crippen LogP contribution in [0.25, 0.3) is 0 Å². The summed E-state index contributed by atoms with van der Waals surface area (Å²) >= 11 is 5.67. The van der Waals surface area contributed by atoms with Crippen LogP contribution in [0.15, 0.2) is 30.5 Å². The highest BCUT2D eigenvalue weighted by Gasteiger charge is 2.17. The van der Waals surface area contributed by atoms with Gasteiger partial charge in [-0.25, -0.2) is 4.39 Å². The highest BCUT2D eigenvalue weighted by Crippen LogP contribution is 2.26. The largest absolute Gasteiger partial charge is 0.380 e. The van der Waals surface area contributed by atoms with E-state index in [-0.39, 0.29) is 5.02 Å². The molecule has 0 aliphatic rings. The van der Waals surface area contributed by atoms with Gasteiger partial charge in [0.1, 0.15) is 5.82 Å². The Morgan fingerprint density at radius 2 is 2.13 bits per heavy atom. The monoisotopic (exact) mass is 228 g/mol. The van der Waals surface area contributed by atoms with Gasteiger partial charge in [0.2, 0.25) is 0 Å². The fraction of sp³-hybridized carbons (Fsp3) is 0.273. The predicted molar refractivity (Wildman–Crippen MR) is 61.2 cm³/mol. The van der Waals surface area contributed by atoms with Crippen LogP contribution in [0.3, 0.4) is 0 Å². The van der Waals surface area contributed by atoms with Gasteiger partial charge in [-0.1, -0.05) is 30.3 Å². The molecule has 1 rings (SSSR count). The van der Waals surface area contributed by atoms with Crippen molar-refractivity contribution in [2.75, 3.05) is 14.1 Å². The van der Waals surface area contributed by atoms with E-state index in [1.165, 1.54) is 6.07 Å². The SMILES string of the molecule is C=C(C(N)c1cccc(Cl)c1F)N(C)C. The molecule has 0 amide bonds. The van der Waals surface area contributed by atoms with E-state index in [0.29, 0.717) is 11.3 Å². The smallest absolute Gasteiger partial charge is 0.146 e. The first-order valence-electron chi connectivity index (χ1n) is 4.50. The molecule has 0 saturated heterocycles. The Kier molecular flexibility index (Phi) is 3.72. The molecule has 1 aromatic carbocycles. The molecular formula is C11H14ClFN2. The quantitative estimate of drug-likeness (QED) is 0.862. The maximum Gasteiger partial charge on any atom is 0.146 e. The van der Waals surface area contributed by atoms with Crippen molar-refractivity contribution in [2.45, 2.75) is 6.04 Å². The zero-order valence-electron chi connectivity index (χ0n) is 8.80. The second kappa shape index (κ2) is 4.64. The van der Waals surface area contributed by atoms with E-state index in [9.17, 15) is 4.39 Å². The van der Waals surface area contributed by atoms with Crippen LogP contribution in [0.4, 0.5) is 4.39 Å². The van der Waals surface area contributed by atoms with Gasteiger partial charge in [0.05, 0.1) is 11.1 Å². The molecule has 1 atom stereocenters. The van der Waals surface area contributed by atoms with E-state index in [1.54, 1.807) is 17.0 Å². The van der Waals surface area contributed by atoms with Crippen LogP contribution >= 0.6 is 11.6 Å². The second-order valence-electron chi connectivity index (χ2n) is 3.51. The third kappa shape index (κ3) is 2.49. The van der Waals surface area contributed by atoms with E-state index in [2.05, 4.69) is 6.58 Å². The molecule has 0 heterocycles. The molecule has 0 radical (unpaired) electrons. The molecule has 15 heavy (non-hydrogen) atoms. The average Bonchev–Trinajstić information content (AvgIpc) is 2.20. The van der Waals surface area contributed by atoms with Gasteiger partial charge < -0.3 is 10.6 Å². The molecule has 0 spiro atoms. The van der Waals surface area contributed by atoms with Gasteiger partial charge in [-0.3, -0.25) is 0 Å². The molecule has 4 heteroatoms. The fourth-order valence-electron chi connectivity index (χ4n) is 1.22. The molecular weight excluding hydrogens is 215 g/mol. The molecule has 2 nitrogen and oxygen atoms in total. The lowest BCUT2D eigenvalue weighted by molar-refractivity contribution is 0.461. The van der Waals surface area contributed by atoms with Crippen molar-refractivity contribution >= 4 is 11.6 Å². The molecule has 82 valence electrons. The van der Waals surface area contributed by atoms with Crippen LogP contribution in [-0.4, -0.2) is 19.0 Å². The highest BCUT2D eigenvalue weighted by molar-refractivity contribution is 6.30. The number of nitrogens with two attached hydrogens (primary N) is 1. The van der Waals surface area contributed by atoms with Crippen LogP contribution in [-0.2, 0) is 0 Å². The van der Waals surface area contributed by atoms with Gasteiger partial charge in [-0.15, -0.1) is 0 Å². The first-order valence-corrected chi connectivity index (χ1v) is 4.88. The van der Waals surface area contributed by atoms with Crippen LogP contribution < -0.4 is 5.73 Å². The Bertz CT molecular complexity index is 377. The standard InChI is InChI=1S/C11H14ClFN2/c1-7(15(2)3)11(14)8-5-4-6-9(12)10(8)13/h4-6,11H,1,14H2,2-3H3. The Balaban J connectivity index is 3.06. The van der Waals surface area contributed by atoms with Crippen molar-refractivity contribution in [3.05, 3.63) is 46.9 Å². The average molecular weight is 229 g/mol. The number of likely N-dealkylation sites (N-methyl/N-ethyl adjacent to an activating group) is 1. The van der Waals surface area contributed by atoms with Crippen molar-refractivity contribution < 1.29 is 4.39 Å². The summed E-state index contributed by atoms with van der Waals surface area (Å²) in [5.74, 6) is -0.477. The molecule has 0 bridgehead atoms. The third-order valence-corrected chi connectivity index (χ3v) is 2.54. The minimum atomic E-state index is -0.571. The van der Waals surface area contributed by atoms with Crippen molar-refractivity contribution in [3.8, 4) is 0 Å². The number of nitrogens with zero attached hydrogens (tertiary/aromatic N) is 1.